The Kier molecular flexibility index (Phi) is 54.2. The summed E-state index contributed by atoms with van der Waals surface area (Å²) in [5.74, 6) is -22.0. The van der Waals surface area contributed by atoms with Gasteiger partial charge in [-0.05, 0) is 18.8 Å². The van der Waals surface area contributed by atoms with Crippen LogP contribution in [0.15, 0.2) is 0 Å². The van der Waals surface area contributed by atoms with E-state index in [0.29, 0.717) is 18.8 Å². The van der Waals surface area contributed by atoms with Gasteiger partial charge in [0.05, 0.1) is 101 Å². The van der Waals surface area contributed by atoms with E-state index < -0.39 is 369 Å². The molecule has 42 atom stereocenters. The number of hydrogen-bond donors (Lipinski definition) is 31. The highest BCUT2D eigenvalue weighted by atomic mass is 16.8. The van der Waals surface area contributed by atoms with Crippen LogP contribution in [0, 0.1) is 5.92 Å². The Hall–Kier alpha value is -5.72. The van der Waals surface area contributed by atoms with Crippen LogP contribution in [0.25, 0.3) is 0 Å². The number of aliphatic carboxylic acids is 3. The summed E-state index contributed by atoms with van der Waals surface area (Å²) < 4.78 is 83.6. The number of amides is 5. The average molecular weight is 2130 g/mol. The number of hydrogen-bond acceptors (Lipinski definition) is 45. The molecule has 854 valence electrons. The molecule has 147 heavy (non-hydrogen) atoms. The molecule has 53 nitrogen and oxygen atoms in total. The third-order valence-electron chi connectivity index (χ3n) is 28.1. The highest BCUT2D eigenvalue weighted by molar-refractivity contribution is 5.79. The van der Waals surface area contributed by atoms with Crippen molar-refractivity contribution < 1.29 is 237 Å². The first-order valence-electron chi connectivity index (χ1n) is 51.2. The number of rotatable bonds is 65. The Labute approximate surface area is 851 Å². The summed E-state index contributed by atoms with van der Waals surface area (Å²) in [5, 5.41) is 309. The summed E-state index contributed by atoms with van der Waals surface area (Å²) in [4.78, 5) is 108. The fraction of sp³-hybridized carbons (Fsp3) is 0.915. The smallest absolute Gasteiger partial charge is 0.364 e. The molecule has 0 aromatic carbocycles. The van der Waals surface area contributed by atoms with Gasteiger partial charge in [-0.2, -0.15) is 0 Å². The van der Waals surface area contributed by atoms with Gasteiger partial charge in [0.15, 0.2) is 25.2 Å². The molecule has 0 aromatic rings. The highest BCUT2D eigenvalue weighted by Gasteiger charge is 2.67. The summed E-state index contributed by atoms with van der Waals surface area (Å²) in [6, 6.07) is -9.64. The second kappa shape index (κ2) is 62.1. The van der Waals surface area contributed by atoms with Crippen molar-refractivity contribution in [2.24, 2.45) is 5.92 Å². The molecule has 7 aliphatic rings. The minimum absolute atomic E-state index is 0.0432. The van der Waals surface area contributed by atoms with Crippen LogP contribution >= 0.6 is 0 Å². The number of carbonyl (C=O) groups is 8. The van der Waals surface area contributed by atoms with Crippen molar-refractivity contribution in [3.05, 3.63) is 0 Å². The molecule has 7 fully saturated rings. The largest absolute Gasteiger partial charge is 0.477 e. The molecule has 7 rings (SSSR count). The molecule has 0 aliphatic carbocycles. The molecule has 0 radical (unpaired) electrons. The van der Waals surface area contributed by atoms with Gasteiger partial charge in [-0.15, -0.1) is 0 Å². The summed E-state index contributed by atoms with van der Waals surface area (Å²) in [5.41, 5.74) is 0. The van der Waals surface area contributed by atoms with Crippen LogP contribution in [0.5, 0.6) is 0 Å². The maximum atomic E-state index is 14.3. The number of aliphatic hydroxyl groups is 23. The maximum absolute atomic E-state index is 14.3. The van der Waals surface area contributed by atoms with E-state index in [1.165, 1.54) is 51.4 Å². The molecule has 0 aromatic heterocycles. The highest BCUT2D eigenvalue weighted by Crippen LogP contribution is 2.46. The molecular weight excluding hydrogens is 1970 g/mol. The summed E-state index contributed by atoms with van der Waals surface area (Å²) in [7, 11) is 0. The quantitative estimate of drug-likeness (QED) is 0.0252. The van der Waals surface area contributed by atoms with Crippen molar-refractivity contribution in [3.8, 4) is 0 Å². The van der Waals surface area contributed by atoms with Gasteiger partial charge in [0, 0.05) is 53.4 Å². The molecule has 31 N–H and O–H groups in total. The Balaban J connectivity index is 1.15. The van der Waals surface area contributed by atoms with Gasteiger partial charge in [0.25, 0.3) is 17.4 Å². The third-order valence-corrected chi connectivity index (χ3v) is 28.1. The van der Waals surface area contributed by atoms with Crippen molar-refractivity contribution in [2.45, 2.75) is 484 Å². The molecule has 5 amide bonds. The Morgan fingerprint density at radius 1 is 0.367 bits per heavy atom. The zero-order chi connectivity index (χ0) is 109. The standard InChI is InChI=1S/C94H165N5O48/c1-8-10-11-12-13-14-15-16-17-18-19-20-24-27-30-33-62(117)99-50(67(118)51(111)32-29-26-23-21-22-25-28-31-45(3)9-2)44-134-86-74(125)73(124)77(60(42-105)138-86)140-88-75(126)83(72(123)59(41-104)137-88)141-85-66(98-49(7)110)82(71(122)57(39-102)135-85)146-93(90(130)131)35-54(114)65(97-48(6)109)81(145-93)70(121)58(40-103)136-87-76(127)84(147-94(91(132)133)36-53(113)64(96-47(5)108)80(144-94)69(120)56(116)38-101)78(61(43-106)139-87)142-92(89(128)129)34-52(112)63(95-46(4)107)79(143-92)68(119)55(115)37-100/h45,50-61,63-88,100-106,111-116,118-127H,8-44H2,1-7H3,(H,95,107)(H,96,108)(H,97,109)(H,98,110)(H,99,117)(H,128,129)(H,130,131)(H,132,133). The monoisotopic (exact) mass is 2130 g/mol. The number of aliphatic hydroxyl groups excluding tert-OH is 23. The number of nitrogens with one attached hydrogen (secondary N) is 5. The molecule has 7 aliphatic heterocycles. The summed E-state index contributed by atoms with van der Waals surface area (Å²) in [6.07, 6.45) is -56.3. The lowest BCUT2D eigenvalue weighted by Crippen LogP contribution is -2.73. The predicted molar refractivity (Wildman–Crippen MR) is 498 cm³/mol. The number of ether oxygens (including phenoxy) is 14. The Morgan fingerprint density at radius 3 is 1.14 bits per heavy atom. The lowest BCUT2D eigenvalue weighted by atomic mass is 9.87. The first kappa shape index (κ1) is 128. The molecule has 0 spiro atoms. The second-order valence-corrected chi connectivity index (χ2v) is 39.6. The molecule has 7 heterocycles. The van der Waals surface area contributed by atoms with Crippen LogP contribution < -0.4 is 26.6 Å². The number of carboxylic acids is 3. The first-order valence-corrected chi connectivity index (χ1v) is 51.2. The van der Waals surface area contributed by atoms with E-state index in [-0.39, 0.29) is 12.8 Å². The van der Waals surface area contributed by atoms with Crippen LogP contribution in [-0.4, -0.2) is 483 Å². The molecule has 0 bridgehead atoms. The predicted octanol–water partition coefficient (Wildman–Crippen LogP) is -8.03. The van der Waals surface area contributed by atoms with E-state index in [0.717, 1.165) is 118 Å². The van der Waals surface area contributed by atoms with Gasteiger partial charge < -0.3 is 226 Å². The maximum Gasteiger partial charge on any atom is 0.364 e. The van der Waals surface area contributed by atoms with Gasteiger partial charge in [-0.3, -0.25) is 24.0 Å². The van der Waals surface area contributed by atoms with Crippen LogP contribution in [-0.2, 0) is 105 Å². The van der Waals surface area contributed by atoms with Gasteiger partial charge in [-0.25, -0.2) is 14.4 Å². The minimum Gasteiger partial charge on any atom is -0.477 e. The third kappa shape index (κ3) is 35.4. The van der Waals surface area contributed by atoms with E-state index in [2.05, 4.69) is 47.4 Å². The van der Waals surface area contributed by atoms with Gasteiger partial charge in [0.1, 0.15) is 159 Å². The fourth-order valence-corrected chi connectivity index (χ4v) is 19.6. The number of unbranched alkanes of at least 4 members (excludes halogenated alkanes) is 20. The average Bonchev–Trinajstić information content (AvgIpc) is 0.743. The first-order chi connectivity index (χ1) is 69.7. The lowest BCUT2D eigenvalue weighted by molar-refractivity contribution is -0.404. The topological polar surface area (TPSA) is 852 Å². The van der Waals surface area contributed by atoms with Gasteiger partial charge in [-0.1, -0.05) is 168 Å². The van der Waals surface area contributed by atoms with Gasteiger partial charge in [0.2, 0.25) is 29.5 Å². The number of carbonyl (C=O) groups excluding carboxylic acids is 5. The Morgan fingerprint density at radius 2 is 0.728 bits per heavy atom. The normalized spacial score (nSPS) is 35.9. The van der Waals surface area contributed by atoms with E-state index >= 15 is 0 Å². The van der Waals surface area contributed by atoms with E-state index in [1.807, 2.05) is 0 Å². The van der Waals surface area contributed by atoms with Crippen molar-refractivity contribution in [1.82, 2.24) is 26.6 Å². The van der Waals surface area contributed by atoms with E-state index in [9.17, 15) is 171 Å². The minimum atomic E-state index is -3.68. The van der Waals surface area contributed by atoms with E-state index in [4.69, 9.17) is 66.3 Å². The van der Waals surface area contributed by atoms with Crippen LogP contribution in [0.2, 0.25) is 0 Å². The molecule has 7 saturated heterocycles. The molecule has 53 heteroatoms. The zero-order valence-electron chi connectivity index (χ0n) is 84.3. The Bertz CT molecular complexity index is 3910. The fourth-order valence-electron chi connectivity index (χ4n) is 19.6. The van der Waals surface area contributed by atoms with Crippen LogP contribution in [0.1, 0.15) is 235 Å². The van der Waals surface area contributed by atoms with Gasteiger partial charge >= 0.3 is 17.9 Å². The summed E-state index contributed by atoms with van der Waals surface area (Å²) in [6.45, 7) is -0.127. The van der Waals surface area contributed by atoms with Crippen molar-refractivity contribution >= 4 is 47.4 Å². The summed E-state index contributed by atoms with van der Waals surface area (Å²) >= 11 is 0. The molecule has 42 unspecified atom stereocenters. The SMILES string of the molecule is CCCCCCCCCCCCCCCCCC(=O)NC(COC1OC(CO)C(OC2OC(CO)C(O)C(OC3OC(CO)C(O)C(OC4(C(=O)O)CC(O)C(NC(C)=O)C(C(O)C(CO)OC5OC(CO)C(OC6(C(=O)O)CC(O)C(NC(C)=O)C(C(O)C(O)CO)O6)C(OC6(C(=O)O)CC(O)C(NC(C)=O)C(C(O)C(O)CO)O6)C5O)O4)C3NC(C)=O)C2O)C(O)C1O)C(O)C(O)CCCCCCCCCC(C)CC. The number of carboxylic acid groups (broad SMARTS) is 3. The van der Waals surface area contributed by atoms with Crippen molar-refractivity contribution in [2.75, 3.05) is 52.9 Å². The van der Waals surface area contributed by atoms with Crippen LogP contribution in [0.3, 0.4) is 0 Å². The van der Waals surface area contributed by atoms with Crippen LogP contribution in [0.4, 0.5) is 0 Å². The molecular formula is C94H165N5O48. The van der Waals surface area contributed by atoms with Crippen molar-refractivity contribution in [3.63, 3.8) is 0 Å². The second-order valence-electron chi connectivity index (χ2n) is 39.6. The van der Waals surface area contributed by atoms with E-state index in [1.54, 1.807) is 0 Å². The van der Waals surface area contributed by atoms with Crippen molar-refractivity contribution in [1.29, 1.82) is 0 Å². The molecule has 0 saturated carbocycles. The lowest BCUT2D eigenvalue weighted by Gasteiger charge is -2.53. The zero-order valence-corrected chi connectivity index (χ0v) is 84.3.